The molecule has 0 radical (unpaired) electrons. The van der Waals surface area contributed by atoms with Crippen molar-refractivity contribution in [3.05, 3.63) is 34.4 Å². The molecule has 0 spiro atoms. The lowest BCUT2D eigenvalue weighted by atomic mass is 9.95. The summed E-state index contributed by atoms with van der Waals surface area (Å²) < 4.78 is 0. The molecule has 0 amide bonds. The van der Waals surface area contributed by atoms with Gasteiger partial charge in [0.15, 0.2) is 0 Å². The summed E-state index contributed by atoms with van der Waals surface area (Å²) in [5.41, 5.74) is 5.22. The van der Waals surface area contributed by atoms with Crippen LogP contribution in [0.4, 0.5) is 0 Å². The summed E-state index contributed by atoms with van der Waals surface area (Å²) in [7, 11) is 0. The molecule has 3 heteroatoms. The molecule has 106 valence electrons. The van der Waals surface area contributed by atoms with E-state index in [0.29, 0.717) is 0 Å². The highest BCUT2D eigenvalue weighted by Crippen LogP contribution is 2.18. The number of nitrogens with zero attached hydrogens (tertiary/aromatic N) is 1. The maximum absolute atomic E-state index is 10.3. The maximum Gasteiger partial charge on any atom is 0.0707 e. The molecule has 1 aromatic rings. The fourth-order valence-electron chi connectivity index (χ4n) is 3.02. The van der Waals surface area contributed by atoms with E-state index in [2.05, 4.69) is 43.1 Å². The third-order valence-corrected chi connectivity index (χ3v) is 3.96. The molecule has 1 fully saturated rings. The van der Waals surface area contributed by atoms with Crippen LogP contribution in [0.2, 0.25) is 0 Å². The number of aliphatic hydroxyl groups excluding tert-OH is 1. The van der Waals surface area contributed by atoms with Crippen LogP contribution in [0.1, 0.15) is 22.3 Å². The average molecular weight is 262 g/mol. The van der Waals surface area contributed by atoms with Crippen LogP contribution in [0, 0.1) is 20.8 Å². The first kappa shape index (κ1) is 14.5. The normalized spacial score (nSPS) is 18.5. The third kappa shape index (κ3) is 4.03. The van der Waals surface area contributed by atoms with Gasteiger partial charge in [0.2, 0.25) is 0 Å². The van der Waals surface area contributed by atoms with Gasteiger partial charge in [0.05, 0.1) is 6.10 Å². The van der Waals surface area contributed by atoms with E-state index in [9.17, 15) is 5.11 Å². The minimum atomic E-state index is -0.266. The van der Waals surface area contributed by atoms with Crippen molar-refractivity contribution in [2.24, 2.45) is 0 Å². The van der Waals surface area contributed by atoms with Crippen LogP contribution >= 0.6 is 0 Å². The number of rotatable bonds is 4. The van der Waals surface area contributed by atoms with Crippen LogP contribution in [0.5, 0.6) is 0 Å². The zero-order valence-electron chi connectivity index (χ0n) is 12.4. The van der Waals surface area contributed by atoms with Crippen LogP contribution in [-0.2, 0) is 6.42 Å². The lowest BCUT2D eigenvalue weighted by Gasteiger charge is -2.29. The summed E-state index contributed by atoms with van der Waals surface area (Å²) in [6.45, 7) is 11.4. The average Bonchev–Trinajstić information content (AvgIpc) is 2.35. The van der Waals surface area contributed by atoms with E-state index in [0.717, 1.165) is 39.1 Å². The zero-order valence-corrected chi connectivity index (χ0v) is 12.4. The summed E-state index contributed by atoms with van der Waals surface area (Å²) in [4.78, 5) is 2.35. The largest absolute Gasteiger partial charge is 0.391 e. The Morgan fingerprint density at radius 3 is 2.32 bits per heavy atom. The smallest absolute Gasteiger partial charge is 0.0707 e. The molecule has 1 saturated heterocycles. The number of nitrogens with one attached hydrogen (secondary N) is 1. The molecule has 0 saturated carbocycles. The van der Waals surface area contributed by atoms with Crippen LogP contribution in [0.15, 0.2) is 12.1 Å². The second-order valence-corrected chi connectivity index (χ2v) is 5.79. The van der Waals surface area contributed by atoms with Crippen molar-refractivity contribution in [1.29, 1.82) is 0 Å². The SMILES string of the molecule is Cc1cc(C)c(CC(O)CN2CCNCC2)c(C)c1. The fraction of sp³-hybridized carbons (Fsp3) is 0.625. The van der Waals surface area contributed by atoms with Gasteiger partial charge >= 0.3 is 0 Å². The van der Waals surface area contributed by atoms with Crippen LogP contribution in [0.3, 0.4) is 0 Å². The lowest BCUT2D eigenvalue weighted by molar-refractivity contribution is 0.105. The van der Waals surface area contributed by atoms with Gasteiger partial charge in [-0.3, -0.25) is 4.90 Å². The van der Waals surface area contributed by atoms with Gasteiger partial charge in [0, 0.05) is 39.1 Å². The van der Waals surface area contributed by atoms with Crippen LogP contribution < -0.4 is 5.32 Å². The topological polar surface area (TPSA) is 35.5 Å². The molecule has 1 heterocycles. The molecule has 0 aromatic heterocycles. The number of hydrogen-bond acceptors (Lipinski definition) is 3. The van der Waals surface area contributed by atoms with E-state index >= 15 is 0 Å². The van der Waals surface area contributed by atoms with E-state index in [4.69, 9.17) is 0 Å². The molecular weight excluding hydrogens is 236 g/mol. The molecule has 2 N–H and O–H groups in total. The van der Waals surface area contributed by atoms with Crippen molar-refractivity contribution in [2.75, 3.05) is 32.7 Å². The molecule has 3 nitrogen and oxygen atoms in total. The van der Waals surface area contributed by atoms with Gasteiger partial charge in [-0.15, -0.1) is 0 Å². The summed E-state index contributed by atoms with van der Waals surface area (Å²) in [6, 6.07) is 4.42. The quantitative estimate of drug-likeness (QED) is 0.861. The Morgan fingerprint density at radius 2 is 1.74 bits per heavy atom. The number of piperazine rings is 1. The molecule has 0 aliphatic carbocycles. The van der Waals surface area contributed by atoms with Crippen molar-refractivity contribution < 1.29 is 5.11 Å². The number of aryl methyl sites for hydroxylation is 3. The van der Waals surface area contributed by atoms with E-state index in [1.165, 1.54) is 22.3 Å². The van der Waals surface area contributed by atoms with Gasteiger partial charge in [-0.1, -0.05) is 17.7 Å². The zero-order chi connectivity index (χ0) is 13.8. The van der Waals surface area contributed by atoms with Crippen molar-refractivity contribution in [3.63, 3.8) is 0 Å². The van der Waals surface area contributed by atoms with Crippen molar-refractivity contribution in [1.82, 2.24) is 10.2 Å². The molecule has 1 unspecified atom stereocenters. The second kappa shape index (κ2) is 6.51. The Hall–Kier alpha value is -0.900. The third-order valence-electron chi connectivity index (χ3n) is 3.96. The molecule has 1 aromatic carbocycles. The van der Waals surface area contributed by atoms with Gasteiger partial charge in [-0.05, 0) is 37.5 Å². The highest BCUT2D eigenvalue weighted by molar-refractivity contribution is 5.37. The first-order chi connectivity index (χ1) is 9.06. The fourth-order valence-corrected chi connectivity index (χ4v) is 3.02. The minimum absolute atomic E-state index is 0.266. The molecule has 1 atom stereocenters. The predicted molar refractivity (Wildman–Crippen MR) is 79.7 cm³/mol. The predicted octanol–water partition coefficient (Wildman–Crippen LogP) is 1.42. The Labute approximate surface area is 116 Å². The number of hydrogen-bond donors (Lipinski definition) is 2. The van der Waals surface area contributed by atoms with Gasteiger partial charge in [-0.25, -0.2) is 0 Å². The number of aliphatic hydroxyl groups is 1. The number of benzene rings is 1. The van der Waals surface area contributed by atoms with Gasteiger partial charge in [0.1, 0.15) is 0 Å². The Balaban J connectivity index is 1.96. The Kier molecular flexibility index (Phi) is 4.97. The van der Waals surface area contributed by atoms with E-state index < -0.39 is 0 Å². The molecular formula is C16H26N2O. The minimum Gasteiger partial charge on any atom is -0.391 e. The monoisotopic (exact) mass is 262 g/mol. The Morgan fingerprint density at radius 1 is 1.16 bits per heavy atom. The standard InChI is InChI=1S/C16H26N2O/c1-12-8-13(2)16(14(3)9-12)10-15(19)11-18-6-4-17-5-7-18/h8-9,15,17,19H,4-7,10-11H2,1-3H3. The molecule has 1 aliphatic heterocycles. The van der Waals surface area contributed by atoms with Crippen molar-refractivity contribution >= 4 is 0 Å². The molecule has 2 rings (SSSR count). The van der Waals surface area contributed by atoms with Crippen LogP contribution in [-0.4, -0.2) is 48.8 Å². The van der Waals surface area contributed by atoms with E-state index in [-0.39, 0.29) is 6.10 Å². The first-order valence-electron chi connectivity index (χ1n) is 7.24. The summed E-state index contributed by atoms with van der Waals surface area (Å²) in [5.74, 6) is 0. The highest BCUT2D eigenvalue weighted by Gasteiger charge is 2.16. The van der Waals surface area contributed by atoms with E-state index in [1.807, 2.05) is 0 Å². The summed E-state index contributed by atoms with van der Waals surface area (Å²) in [6.07, 6.45) is 0.500. The number of β-amino-alcohol motifs (C(OH)–C–C–N with tert-alkyl or cyclic N) is 1. The maximum atomic E-state index is 10.3. The van der Waals surface area contributed by atoms with Gasteiger partial charge in [0.25, 0.3) is 0 Å². The van der Waals surface area contributed by atoms with E-state index in [1.54, 1.807) is 0 Å². The first-order valence-corrected chi connectivity index (χ1v) is 7.24. The molecule has 19 heavy (non-hydrogen) atoms. The highest BCUT2D eigenvalue weighted by atomic mass is 16.3. The van der Waals surface area contributed by atoms with Gasteiger partial charge < -0.3 is 10.4 Å². The summed E-state index contributed by atoms with van der Waals surface area (Å²) >= 11 is 0. The summed E-state index contributed by atoms with van der Waals surface area (Å²) in [5, 5.41) is 13.6. The van der Waals surface area contributed by atoms with Crippen molar-refractivity contribution in [3.8, 4) is 0 Å². The molecule has 0 bridgehead atoms. The molecule has 1 aliphatic rings. The second-order valence-electron chi connectivity index (χ2n) is 5.79. The van der Waals surface area contributed by atoms with Crippen molar-refractivity contribution in [2.45, 2.75) is 33.3 Å². The Bertz CT molecular complexity index is 402. The van der Waals surface area contributed by atoms with Gasteiger partial charge in [-0.2, -0.15) is 0 Å². The van der Waals surface area contributed by atoms with Crippen LogP contribution in [0.25, 0.3) is 0 Å². The lowest BCUT2D eigenvalue weighted by Crippen LogP contribution is -2.46.